The van der Waals surface area contributed by atoms with E-state index in [1.807, 2.05) is 75.1 Å². The minimum absolute atomic E-state index is 0.0341. The van der Waals surface area contributed by atoms with Crippen molar-refractivity contribution in [1.82, 2.24) is 29.7 Å². The molecule has 4 aliphatic rings. The summed E-state index contributed by atoms with van der Waals surface area (Å²) in [5.41, 5.74) is 1.55. The van der Waals surface area contributed by atoms with Gasteiger partial charge in [-0.05, 0) is 37.8 Å². The molecule has 0 bridgehead atoms. The molecule has 0 saturated carbocycles. The van der Waals surface area contributed by atoms with Gasteiger partial charge in [-0.15, -0.1) is 16.9 Å². The van der Waals surface area contributed by atoms with Crippen molar-refractivity contribution < 1.29 is 19.5 Å². The zero-order valence-electron chi connectivity index (χ0n) is 24.7. The number of hydrogen-bond donors (Lipinski definition) is 1. The van der Waals surface area contributed by atoms with Gasteiger partial charge in [-0.25, -0.2) is 4.68 Å². The number of amides is 3. The molecular weight excluding hydrogens is 552 g/mol. The number of benzene rings is 1. The lowest BCUT2D eigenvalue weighted by atomic mass is 9.74. The zero-order valence-corrected chi connectivity index (χ0v) is 25.5. The lowest BCUT2D eigenvalue weighted by Crippen LogP contribution is -2.57. The Morgan fingerprint density at radius 3 is 2.50 bits per heavy atom. The monoisotopic (exact) mass is 592 g/mol. The summed E-state index contributed by atoms with van der Waals surface area (Å²) in [6.45, 7) is 9.55. The van der Waals surface area contributed by atoms with Crippen molar-refractivity contribution in [2.24, 2.45) is 17.8 Å². The van der Waals surface area contributed by atoms with Gasteiger partial charge in [0.2, 0.25) is 17.7 Å². The van der Waals surface area contributed by atoms with Gasteiger partial charge in [0.15, 0.2) is 0 Å². The van der Waals surface area contributed by atoms with E-state index in [4.69, 9.17) is 0 Å². The average molecular weight is 593 g/mol. The van der Waals surface area contributed by atoms with E-state index in [-0.39, 0.29) is 36.9 Å². The Hall–Kier alpha value is -3.18. The maximum absolute atomic E-state index is 14.7. The Bertz CT molecular complexity index is 1460. The van der Waals surface area contributed by atoms with Gasteiger partial charge < -0.3 is 19.8 Å². The molecule has 2 aromatic rings. The summed E-state index contributed by atoms with van der Waals surface area (Å²) in [7, 11) is 0. The molecule has 5 heterocycles. The van der Waals surface area contributed by atoms with Crippen LogP contribution in [0.4, 0.5) is 0 Å². The molecule has 1 aromatic carbocycles. The quantitative estimate of drug-likeness (QED) is 0.469. The third-order valence-electron chi connectivity index (χ3n) is 9.23. The predicted molar refractivity (Wildman–Crippen MR) is 161 cm³/mol. The first-order chi connectivity index (χ1) is 20.1. The Labute approximate surface area is 250 Å². The van der Waals surface area contributed by atoms with Crippen LogP contribution in [0.1, 0.15) is 40.5 Å². The third-order valence-corrected chi connectivity index (χ3v) is 11.0. The van der Waals surface area contributed by atoms with Crippen molar-refractivity contribution in [3.63, 3.8) is 0 Å². The minimum Gasteiger partial charge on any atom is -0.394 e. The van der Waals surface area contributed by atoms with Gasteiger partial charge >= 0.3 is 0 Å². The molecule has 0 aliphatic carbocycles. The number of aliphatic hydroxyl groups excluding tert-OH is 1. The van der Waals surface area contributed by atoms with Crippen molar-refractivity contribution in [2.75, 3.05) is 26.2 Å². The van der Waals surface area contributed by atoms with Gasteiger partial charge in [0, 0.05) is 24.4 Å². The number of aromatic nitrogens is 3. The van der Waals surface area contributed by atoms with Crippen molar-refractivity contribution in [2.45, 2.75) is 68.8 Å². The Morgan fingerprint density at radius 2 is 1.76 bits per heavy atom. The molecule has 6 rings (SSSR count). The Kier molecular flexibility index (Phi) is 7.45. The molecule has 11 heteroatoms. The summed E-state index contributed by atoms with van der Waals surface area (Å²) >= 11 is 1.57. The lowest BCUT2D eigenvalue weighted by Gasteiger charge is -2.40. The van der Waals surface area contributed by atoms with Crippen LogP contribution in [0.15, 0.2) is 48.6 Å². The van der Waals surface area contributed by atoms with E-state index >= 15 is 0 Å². The van der Waals surface area contributed by atoms with E-state index in [2.05, 4.69) is 16.4 Å². The second kappa shape index (κ2) is 10.8. The number of rotatable bonds is 8. The van der Waals surface area contributed by atoms with E-state index in [0.717, 1.165) is 17.5 Å². The lowest BCUT2D eigenvalue weighted by molar-refractivity contribution is -0.148. The molecule has 2 fully saturated rings. The van der Waals surface area contributed by atoms with Crippen LogP contribution < -0.4 is 0 Å². The summed E-state index contributed by atoms with van der Waals surface area (Å²) in [4.78, 5) is 48.8. The largest absolute Gasteiger partial charge is 0.394 e. The molecule has 1 unspecified atom stereocenters. The van der Waals surface area contributed by atoms with Gasteiger partial charge in [-0.2, -0.15) is 0 Å². The summed E-state index contributed by atoms with van der Waals surface area (Å²) in [5.74, 6) is -1.59. The van der Waals surface area contributed by atoms with Crippen molar-refractivity contribution in [3.05, 3.63) is 48.6 Å². The molecule has 4 aliphatic heterocycles. The second-order valence-electron chi connectivity index (χ2n) is 12.6. The number of fused-ring (bicyclic) bond motifs is 3. The number of carbonyl (C=O) groups excluding carboxylic acids is 3. The van der Waals surface area contributed by atoms with Crippen LogP contribution >= 0.6 is 11.8 Å². The van der Waals surface area contributed by atoms with Gasteiger partial charge in [0.25, 0.3) is 0 Å². The summed E-state index contributed by atoms with van der Waals surface area (Å²) in [6, 6.07) is 6.20. The third kappa shape index (κ3) is 4.38. The number of hydrogen-bond acceptors (Lipinski definition) is 7. The fourth-order valence-electron chi connectivity index (χ4n) is 7.55. The molecule has 2 saturated heterocycles. The van der Waals surface area contributed by atoms with Crippen LogP contribution in [0.25, 0.3) is 11.0 Å². The first kappa shape index (κ1) is 28.9. The molecule has 42 heavy (non-hydrogen) atoms. The molecule has 0 radical (unpaired) electrons. The smallest absolute Gasteiger partial charge is 0.248 e. The van der Waals surface area contributed by atoms with Gasteiger partial charge in [-0.3, -0.25) is 14.4 Å². The van der Waals surface area contributed by atoms with E-state index in [0.29, 0.717) is 26.1 Å². The second-order valence-corrected chi connectivity index (χ2v) is 14.4. The maximum atomic E-state index is 14.7. The highest BCUT2D eigenvalue weighted by atomic mass is 32.2. The summed E-state index contributed by atoms with van der Waals surface area (Å²) in [5, 5.41) is 19.2. The van der Waals surface area contributed by atoms with E-state index < -0.39 is 33.4 Å². The number of para-hydroxylation sites is 1. The van der Waals surface area contributed by atoms with Gasteiger partial charge in [0.05, 0.1) is 34.7 Å². The highest BCUT2D eigenvalue weighted by molar-refractivity contribution is 8.02. The van der Waals surface area contributed by atoms with E-state index in [1.165, 1.54) is 0 Å². The highest BCUT2D eigenvalue weighted by Gasteiger charge is 2.74. The molecule has 1 aromatic heterocycles. The average Bonchev–Trinajstić information content (AvgIpc) is 3.49. The fraction of sp³-hybridized carbons (Fsp3) is 0.581. The number of aliphatic hydroxyl groups is 1. The SMILES string of the molecule is CCCN1CC=C[C@]2(C)S[C@]34C=CCN(Cn5nnc6ccccc65)C(=O)C3N([C@@H](CO)CC(C)C)C(=O)[C@@H]4[C@@H]2C1=O. The zero-order chi connectivity index (χ0) is 29.8. The Morgan fingerprint density at radius 1 is 1.02 bits per heavy atom. The molecule has 224 valence electrons. The van der Waals surface area contributed by atoms with Crippen LogP contribution in [-0.2, 0) is 21.1 Å². The minimum atomic E-state index is -0.952. The number of thioether (sulfide) groups is 1. The molecular formula is C31H40N6O4S. The van der Waals surface area contributed by atoms with Crippen LogP contribution in [0.2, 0.25) is 0 Å². The summed E-state index contributed by atoms with van der Waals surface area (Å²) in [6.07, 6.45) is 9.48. The van der Waals surface area contributed by atoms with Crippen molar-refractivity contribution in [3.8, 4) is 0 Å². The standard InChI is InChI=1S/C31H40N6O4S/c1-5-14-34-15-8-12-30(4)24(27(34)39)25-28(40)37(21(18-38)17-20(2)3)26-29(41)35(16-9-13-31(25,26)42-30)19-36-23-11-7-6-10-22(23)32-33-36/h6-13,20-21,24-26,38H,5,14-19H2,1-4H3/t21-,24-,25+,26?,30+,31+/m1/s1. The van der Waals surface area contributed by atoms with Crippen LogP contribution in [-0.4, -0.2) is 100 Å². The number of nitrogens with zero attached hydrogens (tertiary/aromatic N) is 6. The highest BCUT2D eigenvalue weighted by Crippen LogP contribution is 2.66. The topological polar surface area (TPSA) is 112 Å². The molecule has 1 spiro atoms. The first-order valence-corrected chi connectivity index (χ1v) is 15.8. The normalized spacial score (nSPS) is 31.5. The van der Waals surface area contributed by atoms with Gasteiger partial charge in [-0.1, -0.05) is 62.4 Å². The molecule has 10 nitrogen and oxygen atoms in total. The van der Waals surface area contributed by atoms with E-state index in [9.17, 15) is 19.5 Å². The summed E-state index contributed by atoms with van der Waals surface area (Å²) < 4.78 is 0.0997. The number of likely N-dealkylation sites (tertiary alicyclic amines) is 1. The fourth-order valence-corrected chi connectivity index (χ4v) is 9.70. The predicted octanol–water partition coefficient (Wildman–Crippen LogP) is 2.69. The number of carbonyl (C=O) groups is 3. The molecule has 3 amide bonds. The van der Waals surface area contributed by atoms with Crippen LogP contribution in [0.5, 0.6) is 0 Å². The molecule has 6 atom stereocenters. The van der Waals surface area contributed by atoms with E-state index in [1.54, 1.807) is 26.2 Å². The Balaban J connectivity index is 1.45. The van der Waals surface area contributed by atoms with Gasteiger partial charge in [0.1, 0.15) is 18.2 Å². The van der Waals surface area contributed by atoms with Crippen LogP contribution in [0.3, 0.4) is 0 Å². The molecule has 1 N–H and O–H groups in total. The first-order valence-electron chi connectivity index (χ1n) is 15.0. The van der Waals surface area contributed by atoms with Crippen molar-refractivity contribution in [1.29, 1.82) is 0 Å². The van der Waals surface area contributed by atoms with Crippen LogP contribution in [0, 0.1) is 17.8 Å². The maximum Gasteiger partial charge on any atom is 0.248 e. The van der Waals surface area contributed by atoms with Crippen molar-refractivity contribution >= 4 is 40.5 Å².